The molecule has 0 saturated heterocycles. The molecular formula is C8H11N3. The van der Waals surface area contributed by atoms with Crippen molar-refractivity contribution in [3.8, 4) is 0 Å². The molecule has 0 unspecified atom stereocenters. The van der Waals surface area contributed by atoms with Gasteiger partial charge in [0.1, 0.15) is 5.82 Å². The Labute approximate surface area is 65.8 Å². The number of aromatic nitrogens is 1. The smallest absolute Gasteiger partial charge is 0.129 e. The molecule has 0 saturated carbocycles. The van der Waals surface area contributed by atoms with Crippen LogP contribution in [0.2, 0.25) is 0 Å². The lowest BCUT2D eigenvalue weighted by molar-refractivity contribution is 1.11. The second-order valence-corrected chi connectivity index (χ2v) is 2.66. The van der Waals surface area contributed by atoms with Crippen molar-refractivity contribution in [1.82, 2.24) is 4.98 Å². The lowest BCUT2D eigenvalue weighted by Gasteiger charge is -2.01. The molecule has 0 aromatic carbocycles. The van der Waals surface area contributed by atoms with Gasteiger partial charge in [0.05, 0.1) is 11.9 Å². The highest BCUT2D eigenvalue weighted by molar-refractivity contribution is 5.56. The molecule has 58 valence electrons. The largest absolute Gasteiger partial charge is 0.387 e. The number of hydrogen-bond acceptors (Lipinski definition) is 3. The number of nitrogens with one attached hydrogen (secondary N) is 2. The van der Waals surface area contributed by atoms with E-state index in [0.29, 0.717) is 0 Å². The van der Waals surface area contributed by atoms with Crippen LogP contribution in [0.25, 0.3) is 0 Å². The van der Waals surface area contributed by atoms with E-state index in [1.807, 2.05) is 13.2 Å². The van der Waals surface area contributed by atoms with Gasteiger partial charge in [-0.05, 0) is 18.1 Å². The highest BCUT2D eigenvalue weighted by atomic mass is 15.0. The molecule has 0 aliphatic carbocycles. The molecule has 2 N–H and O–H groups in total. The summed E-state index contributed by atoms with van der Waals surface area (Å²) >= 11 is 0. The van der Waals surface area contributed by atoms with Crippen LogP contribution in [-0.2, 0) is 6.42 Å². The zero-order chi connectivity index (χ0) is 7.68. The van der Waals surface area contributed by atoms with E-state index in [1.54, 1.807) is 0 Å². The minimum atomic E-state index is 1.02. The van der Waals surface area contributed by atoms with Crippen LogP contribution in [0.4, 0.5) is 11.5 Å². The van der Waals surface area contributed by atoms with Crippen molar-refractivity contribution < 1.29 is 0 Å². The SMILES string of the molecule is CNc1cnc2c(c1)CCN2. The Morgan fingerprint density at radius 2 is 2.55 bits per heavy atom. The molecule has 0 amide bonds. The Bertz CT molecular complexity index is 270. The van der Waals surface area contributed by atoms with Gasteiger partial charge < -0.3 is 10.6 Å². The summed E-state index contributed by atoms with van der Waals surface area (Å²) in [5.74, 6) is 1.05. The van der Waals surface area contributed by atoms with Gasteiger partial charge in [-0.1, -0.05) is 0 Å². The lowest BCUT2D eigenvalue weighted by atomic mass is 10.2. The van der Waals surface area contributed by atoms with E-state index in [0.717, 1.165) is 24.5 Å². The van der Waals surface area contributed by atoms with Crippen molar-refractivity contribution in [3.63, 3.8) is 0 Å². The summed E-state index contributed by atoms with van der Waals surface area (Å²) in [7, 11) is 1.91. The monoisotopic (exact) mass is 149 g/mol. The first kappa shape index (κ1) is 6.46. The molecule has 3 heteroatoms. The van der Waals surface area contributed by atoms with Crippen LogP contribution in [0, 0.1) is 0 Å². The summed E-state index contributed by atoms with van der Waals surface area (Å²) in [6, 6.07) is 2.14. The van der Waals surface area contributed by atoms with Crippen LogP contribution in [-0.4, -0.2) is 18.6 Å². The number of fused-ring (bicyclic) bond motifs is 1. The van der Waals surface area contributed by atoms with E-state index >= 15 is 0 Å². The molecular weight excluding hydrogens is 138 g/mol. The number of nitrogens with zero attached hydrogens (tertiary/aromatic N) is 1. The number of hydrogen-bond donors (Lipinski definition) is 2. The minimum Gasteiger partial charge on any atom is -0.387 e. The maximum absolute atomic E-state index is 4.26. The summed E-state index contributed by atoms with van der Waals surface area (Å²) in [5, 5.41) is 6.28. The second-order valence-electron chi connectivity index (χ2n) is 2.66. The Hall–Kier alpha value is -1.25. The van der Waals surface area contributed by atoms with Crippen LogP contribution < -0.4 is 10.6 Å². The molecule has 1 aromatic rings. The molecule has 1 aromatic heterocycles. The molecule has 0 atom stereocenters. The van der Waals surface area contributed by atoms with Gasteiger partial charge in [0.2, 0.25) is 0 Å². The summed E-state index contributed by atoms with van der Waals surface area (Å²) in [6.45, 7) is 1.02. The van der Waals surface area contributed by atoms with Crippen LogP contribution >= 0.6 is 0 Å². The standard InChI is InChI=1S/C8H11N3/c1-9-7-4-6-2-3-10-8(6)11-5-7/h4-5,9H,2-3H2,1H3,(H,10,11). The predicted molar refractivity (Wildman–Crippen MR) is 46.0 cm³/mol. The average molecular weight is 149 g/mol. The summed E-state index contributed by atoms with van der Waals surface area (Å²) in [5.41, 5.74) is 2.41. The molecule has 2 rings (SSSR count). The third-order valence-electron chi connectivity index (χ3n) is 1.94. The van der Waals surface area contributed by atoms with E-state index < -0.39 is 0 Å². The van der Waals surface area contributed by atoms with Crippen LogP contribution in [0.3, 0.4) is 0 Å². The van der Waals surface area contributed by atoms with Crippen molar-refractivity contribution in [3.05, 3.63) is 17.8 Å². The number of rotatable bonds is 1. The molecule has 11 heavy (non-hydrogen) atoms. The first-order valence-corrected chi connectivity index (χ1v) is 3.80. The quantitative estimate of drug-likeness (QED) is 0.627. The van der Waals surface area contributed by atoms with Gasteiger partial charge in [0.15, 0.2) is 0 Å². The fraction of sp³-hybridized carbons (Fsp3) is 0.375. The van der Waals surface area contributed by atoms with Crippen molar-refractivity contribution in [2.24, 2.45) is 0 Å². The summed E-state index contributed by atoms with van der Waals surface area (Å²) < 4.78 is 0. The van der Waals surface area contributed by atoms with Gasteiger partial charge in [0, 0.05) is 13.6 Å². The predicted octanol–water partition coefficient (Wildman–Crippen LogP) is 1.09. The second kappa shape index (κ2) is 2.42. The van der Waals surface area contributed by atoms with Crippen LogP contribution in [0.5, 0.6) is 0 Å². The van der Waals surface area contributed by atoms with Crippen LogP contribution in [0.1, 0.15) is 5.56 Å². The highest BCUT2D eigenvalue weighted by Crippen LogP contribution is 2.21. The fourth-order valence-electron chi connectivity index (χ4n) is 1.31. The van der Waals surface area contributed by atoms with Crippen LogP contribution in [0.15, 0.2) is 12.3 Å². The first-order chi connectivity index (χ1) is 5.40. The normalized spacial score (nSPS) is 13.9. The van der Waals surface area contributed by atoms with Gasteiger partial charge >= 0.3 is 0 Å². The maximum Gasteiger partial charge on any atom is 0.129 e. The molecule has 0 spiro atoms. The van der Waals surface area contributed by atoms with Gasteiger partial charge in [-0.25, -0.2) is 4.98 Å². The number of pyridine rings is 1. The molecule has 0 fully saturated rings. The zero-order valence-corrected chi connectivity index (χ0v) is 6.52. The minimum absolute atomic E-state index is 1.02. The Kier molecular flexibility index (Phi) is 1.42. The summed E-state index contributed by atoms with van der Waals surface area (Å²) in [6.07, 6.45) is 2.94. The fourth-order valence-corrected chi connectivity index (χ4v) is 1.31. The maximum atomic E-state index is 4.26. The summed E-state index contributed by atoms with van der Waals surface area (Å²) in [4.78, 5) is 4.26. The molecule has 0 bridgehead atoms. The Morgan fingerprint density at radius 1 is 1.64 bits per heavy atom. The molecule has 3 nitrogen and oxygen atoms in total. The number of anilines is 2. The van der Waals surface area contributed by atoms with Gasteiger partial charge in [-0.15, -0.1) is 0 Å². The third kappa shape index (κ3) is 1.02. The third-order valence-corrected chi connectivity index (χ3v) is 1.94. The van der Waals surface area contributed by atoms with Crippen molar-refractivity contribution in [1.29, 1.82) is 0 Å². The van der Waals surface area contributed by atoms with Gasteiger partial charge in [-0.2, -0.15) is 0 Å². The van der Waals surface area contributed by atoms with Gasteiger partial charge in [-0.3, -0.25) is 0 Å². The van der Waals surface area contributed by atoms with E-state index in [9.17, 15) is 0 Å². The molecule has 1 aliphatic rings. The van der Waals surface area contributed by atoms with Crippen molar-refractivity contribution in [2.75, 3.05) is 24.2 Å². The van der Waals surface area contributed by atoms with Crippen molar-refractivity contribution >= 4 is 11.5 Å². The topological polar surface area (TPSA) is 37.0 Å². The zero-order valence-electron chi connectivity index (χ0n) is 6.52. The highest BCUT2D eigenvalue weighted by Gasteiger charge is 2.10. The molecule has 2 heterocycles. The molecule has 1 aliphatic heterocycles. The van der Waals surface area contributed by atoms with Crippen molar-refractivity contribution in [2.45, 2.75) is 6.42 Å². The molecule has 0 radical (unpaired) electrons. The first-order valence-electron chi connectivity index (χ1n) is 3.80. The van der Waals surface area contributed by atoms with E-state index in [2.05, 4.69) is 21.7 Å². The van der Waals surface area contributed by atoms with E-state index in [1.165, 1.54) is 5.56 Å². The van der Waals surface area contributed by atoms with E-state index in [-0.39, 0.29) is 0 Å². The van der Waals surface area contributed by atoms with E-state index in [4.69, 9.17) is 0 Å². The van der Waals surface area contributed by atoms with Gasteiger partial charge in [0.25, 0.3) is 0 Å². The average Bonchev–Trinajstić information content (AvgIpc) is 2.50. The Morgan fingerprint density at radius 3 is 3.36 bits per heavy atom. The Balaban J connectivity index is 2.41. The lowest BCUT2D eigenvalue weighted by Crippen LogP contribution is -1.93.